The minimum atomic E-state index is 0.566. The summed E-state index contributed by atoms with van der Waals surface area (Å²) in [6.07, 6.45) is 2.47. The lowest BCUT2D eigenvalue weighted by molar-refractivity contribution is 0.165. The van der Waals surface area contributed by atoms with Crippen molar-refractivity contribution in [3.8, 4) is 11.5 Å². The summed E-state index contributed by atoms with van der Waals surface area (Å²) in [5.74, 6) is 2.07. The number of hydrogen-bond acceptors (Lipinski definition) is 4. The maximum atomic E-state index is 6.28. The van der Waals surface area contributed by atoms with Crippen LogP contribution in [0.25, 0.3) is 0 Å². The van der Waals surface area contributed by atoms with Crippen molar-refractivity contribution < 1.29 is 9.47 Å². The lowest BCUT2D eigenvalue weighted by Gasteiger charge is -2.32. The van der Waals surface area contributed by atoms with E-state index in [1.165, 1.54) is 18.4 Å². The van der Waals surface area contributed by atoms with Crippen LogP contribution in [0.1, 0.15) is 18.4 Å². The molecule has 2 N–H and O–H groups in total. The molecule has 20 heavy (non-hydrogen) atoms. The SMILES string of the molecule is NCC1CCCN(Cc2cc(Cl)c3c(c2)OCCO3)C1. The van der Waals surface area contributed by atoms with Crippen molar-refractivity contribution >= 4 is 11.6 Å². The number of benzene rings is 1. The monoisotopic (exact) mass is 296 g/mol. The third kappa shape index (κ3) is 3.03. The highest BCUT2D eigenvalue weighted by Gasteiger charge is 2.21. The summed E-state index contributed by atoms with van der Waals surface area (Å²) in [7, 11) is 0. The Morgan fingerprint density at radius 2 is 2.15 bits per heavy atom. The number of fused-ring (bicyclic) bond motifs is 1. The van der Waals surface area contributed by atoms with Crippen molar-refractivity contribution in [3.05, 3.63) is 22.7 Å². The van der Waals surface area contributed by atoms with Crippen LogP contribution in [0.2, 0.25) is 5.02 Å². The van der Waals surface area contributed by atoms with Crippen LogP contribution in [0.15, 0.2) is 12.1 Å². The van der Waals surface area contributed by atoms with Crippen molar-refractivity contribution in [2.75, 3.05) is 32.8 Å². The lowest BCUT2D eigenvalue weighted by atomic mass is 9.98. The first-order chi connectivity index (χ1) is 9.76. The van der Waals surface area contributed by atoms with Crippen LogP contribution in [-0.4, -0.2) is 37.7 Å². The third-order valence-corrected chi connectivity index (χ3v) is 4.28. The van der Waals surface area contributed by atoms with Crippen LogP contribution in [-0.2, 0) is 6.54 Å². The molecule has 1 aromatic carbocycles. The molecule has 5 heteroatoms. The molecule has 0 aliphatic carbocycles. The van der Waals surface area contributed by atoms with E-state index in [2.05, 4.69) is 4.90 Å². The van der Waals surface area contributed by atoms with Crippen molar-refractivity contribution in [3.63, 3.8) is 0 Å². The van der Waals surface area contributed by atoms with Gasteiger partial charge in [0.2, 0.25) is 0 Å². The maximum Gasteiger partial charge on any atom is 0.179 e. The Balaban J connectivity index is 1.72. The first-order valence-corrected chi connectivity index (χ1v) is 7.64. The molecule has 0 aromatic heterocycles. The largest absolute Gasteiger partial charge is 0.486 e. The molecule has 1 saturated heterocycles. The summed E-state index contributed by atoms with van der Waals surface area (Å²) < 4.78 is 11.2. The predicted octanol–water partition coefficient (Wildman–Crippen LogP) is 2.28. The molecular weight excluding hydrogens is 276 g/mol. The molecule has 3 rings (SSSR count). The molecule has 4 nitrogen and oxygen atoms in total. The maximum absolute atomic E-state index is 6.28. The molecule has 0 amide bonds. The van der Waals surface area contributed by atoms with Gasteiger partial charge in [0.05, 0.1) is 5.02 Å². The highest BCUT2D eigenvalue weighted by atomic mass is 35.5. The quantitative estimate of drug-likeness (QED) is 0.930. The van der Waals surface area contributed by atoms with Gasteiger partial charge in [-0.3, -0.25) is 4.90 Å². The van der Waals surface area contributed by atoms with Gasteiger partial charge in [-0.25, -0.2) is 0 Å². The summed E-state index contributed by atoms with van der Waals surface area (Å²) in [6, 6.07) is 4.04. The van der Waals surface area contributed by atoms with Crippen LogP contribution in [0.3, 0.4) is 0 Å². The van der Waals surface area contributed by atoms with Gasteiger partial charge in [-0.2, -0.15) is 0 Å². The van der Waals surface area contributed by atoms with Gasteiger partial charge < -0.3 is 15.2 Å². The van der Waals surface area contributed by atoms with E-state index < -0.39 is 0 Å². The lowest BCUT2D eigenvalue weighted by Crippen LogP contribution is -2.37. The fourth-order valence-electron chi connectivity index (χ4n) is 3.00. The van der Waals surface area contributed by atoms with Gasteiger partial charge in [0.15, 0.2) is 11.5 Å². The molecule has 1 unspecified atom stereocenters. The molecule has 110 valence electrons. The van der Waals surface area contributed by atoms with E-state index in [-0.39, 0.29) is 0 Å². The number of likely N-dealkylation sites (tertiary alicyclic amines) is 1. The molecule has 0 radical (unpaired) electrons. The van der Waals surface area contributed by atoms with E-state index in [0.717, 1.165) is 31.9 Å². The third-order valence-electron chi connectivity index (χ3n) is 4.00. The predicted molar refractivity (Wildman–Crippen MR) is 79.5 cm³/mol. The number of halogens is 1. The van der Waals surface area contributed by atoms with Crippen molar-refractivity contribution in [2.45, 2.75) is 19.4 Å². The molecule has 2 aliphatic rings. The van der Waals surface area contributed by atoms with Gasteiger partial charge in [0.25, 0.3) is 0 Å². The fraction of sp³-hybridized carbons (Fsp3) is 0.600. The van der Waals surface area contributed by atoms with Crippen molar-refractivity contribution in [1.82, 2.24) is 4.90 Å². The summed E-state index contributed by atoms with van der Waals surface area (Å²) in [6.45, 7) is 5.03. The van der Waals surface area contributed by atoms with Gasteiger partial charge >= 0.3 is 0 Å². The Hall–Kier alpha value is -0.970. The number of piperidine rings is 1. The average Bonchev–Trinajstić information content (AvgIpc) is 2.47. The topological polar surface area (TPSA) is 47.7 Å². The van der Waals surface area contributed by atoms with Crippen molar-refractivity contribution in [1.29, 1.82) is 0 Å². The Kier molecular flexibility index (Phi) is 4.34. The second-order valence-electron chi connectivity index (χ2n) is 5.58. The minimum absolute atomic E-state index is 0.566. The molecule has 0 saturated carbocycles. The normalized spacial score (nSPS) is 22.8. The highest BCUT2D eigenvalue weighted by Crippen LogP contribution is 2.38. The van der Waals surface area contributed by atoms with Gasteiger partial charge in [0.1, 0.15) is 13.2 Å². The number of nitrogens with zero attached hydrogens (tertiary/aromatic N) is 1. The highest BCUT2D eigenvalue weighted by molar-refractivity contribution is 6.32. The van der Waals surface area contributed by atoms with Crippen LogP contribution < -0.4 is 15.2 Å². The van der Waals surface area contributed by atoms with E-state index in [4.69, 9.17) is 26.8 Å². The average molecular weight is 297 g/mol. The van der Waals surface area contributed by atoms with E-state index in [1.807, 2.05) is 12.1 Å². The molecule has 1 atom stereocenters. The van der Waals surface area contributed by atoms with Gasteiger partial charge in [-0.15, -0.1) is 0 Å². The van der Waals surface area contributed by atoms with Gasteiger partial charge in [0, 0.05) is 13.1 Å². The van der Waals surface area contributed by atoms with Crippen LogP contribution in [0, 0.1) is 5.92 Å². The number of nitrogens with two attached hydrogens (primary N) is 1. The first-order valence-electron chi connectivity index (χ1n) is 7.26. The summed E-state index contributed by atoms with van der Waals surface area (Å²) in [5.41, 5.74) is 6.97. The Morgan fingerprint density at radius 1 is 1.30 bits per heavy atom. The fourth-order valence-corrected chi connectivity index (χ4v) is 3.29. The molecule has 1 aromatic rings. The van der Waals surface area contributed by atoms with E-state index in [9.17, 15) is 0 Å². The number of hydrogen-bond donors (Lipinski definition) is 1. The minimum Gasteiger partial charge on any atom is -0.486 e. The second-order valence-corrected chi connectivity index (χ2v) is 5.99. The summed E-state index contributed by atoms with van der Waals surface area (Å²) in [5, 5.41) is 0.643. The standard InChI is InChI=1S/C15H21ClN2O2/c16-13-6-12(7-14-15(13)20-5-4-19-14)10-18-3-1-2-11(8-17)9-18/h6-7,11H,1-5,8-10,17H2. The smallest absolute Gasteiger partial charge is 0.179 e. The summed E-state index contributed by atoms with van der Waals surface area (Å²) in [4.78, 5) is 2.45. The van der Waals surface area contributed by atoms with Crippen LogP contribution >= 0.6 is 11.6 Å². The summed E-state index contributed by atoms with van der Waals surface area (Å²) >= 11 is 6.28. The Bertz CT molecular complexity index is 481. The number of ether oxygens (including phenoxy) is 2. The Labute approximate surface area is 124 Å². The van der Waals surface area contributed by atoms with E-state index in [0.29, 0.717) is 29.9 Å². The van der Waals surface area contributed by atoms with E-state index in [1.54, 1.807) is 0 Å². The molecule has 0 bridgehead atoms. The first kappa shape index (κ1) is 14.0. The zero-order valence-corrected chi connectivity index (χ0v) is 12.4. The molecule has 0 spiro atoms. The Morgan fingerprint density at radius 3 is 3.00 bits per heavy atom. The van der Waals surface area contributed by atoms with E-state index >= 15 is 0 Å². The second kappa shape index (κ2) is 6.20. The number of rotatable bonds is 3. The molecule has 1 fully saturated rings. The van der Waals surface area contributed by atoms with Crippen LogP contribution in [0.4, 0.5) is 0 Å². The van der Waals surface area contributed by atoms with Gasteiger partial charge in [-0.05, 0) is 49.5 Å². The molecule has 2 heterocycles. The van der Waals surface area contributed by atoms with Gasteiger partial charge in [-0.1, -0.05) is 11.6 Å². The molecule has 2 aliphatic heterocycles. The van der Waals surface area contributed by atoms with Crippen LogP contribution in [0.5, 0.6) is 11.5 Å². The zero-order valence-electron chi connectivity index (χ0n) is 11.6. The van der Waals surface area contributed by atoms with Crippen molar-refractivity contribution in [2.24, 2.45) is 11.7 Å². The zero-order chi connectivity index (χ0) is 13.9. The molecular formula is C15H21ClN2O2.